The Morgan fingerprint density at radius 1 is 0.939 bits per heavy atom. The molecule has 3 amide bonds. The van der Waals surface area contributed by atoms with Crippen molar-refractivity contribution in [3.05, 3.63) is 48.5 Å². The van der Waals surface area contributed by atoms with Gasteiger partial charge in [-0.3, -0.25) is 14.4 Å². The van der Waals surface area contributed by atoms with E-state index in [9.17, 15) is 14.4 Å². The number of hydrogen-bond donors (Lipinski definition) is 2. The van der Waals surface area contributed by atoms with Gasteiger partial charge in [0.05, 0.1) is 0 Å². The quantitative estimate of drug-likeness (QED) is 0.647. The molecule has 2 aliphatic heterocycles. The first kappa shape index (κ1) is 22.4. The number of para-hydroxylation sites is 1. The van der Waals surface area contributed by atoms with Crippen LogP contribution in [0.15, 0.2) is 48.5 Å². The smallest absolute Gasteiger partial charge is 0.313 e. The molecule has 0 bridgehead atoms. The number of rotatable bonds is 6. The zero-order valence-corrected chi connectivity index (χ0v) is 18.2. The van der Waals surface area contributed by atoms with Crippen molar-refractivity contribution in [2.45, 2.75) is 12.8 Å². The molecule has 0 radical (unpaired) electrons. The molecule has 33 heavy (non-hydrogen) atoms. The van der Waals surface area contributed by atoms with Gasteiger partial charge in [-0.2, -0.15) is 0 Å². The summed E-state index contributed by atoms with van der Waals surface area (Å²) in [6.45, 7) is 2.51. The first-order valence-electron chi connectivity index (χ1n) is 11.0. The average molecular weight is 453 g/mol. The second-order valence-electron chi connectivity index (χ2n) is 7.95. The lowest BCUT2D eigenvalue weighted by molar-refractivity contribution is -0.136. The third kappa shape index (κ3) is 6.15. The van der Waals surface area contributed by atoms with Gasteiger partial charge in [-0.15, -0.1) is 0 Å². The number of carbonyl (C=O) groups is 3. The highest BCUT2D eigenvalue weighted by molar-refractivity contribution is 6.39. The van der Waals surface area contributed by atoms with Gasteiger partial charge in [0.1, 0.15) is 19.0 Å². The van der Waals surface area contributed by atoms with Gasteiger partial charge in [0.2, 0.25) is 0 Å². The maximum absolute atomic E-state index is 12.4. The maximum Gasteiger partial charge on any atom is 0.313 e. The van der Waals surface area contributed by atoms with Crippen LogP contribution in [-0.4, -0.2) is 62.1 Å². The van der Waals surface area contributed by atoms with Gasteiger partial charge in [-0.1, -0.05) is 18.2 Å². The lowest BCUT2D eigenvalue weighted by Crippen LogP contribution is -2.44. The first-order chi connectivity index (χ1) is 16.1. The Hall–Kier alpha value is -3.75. The minimum Gasteiger partial charge on any atom is -0.486 e. The Morgan fingerprint density at radius 2 is 1.67 bits per heavy atom. The maximum atomic E-state index is 12.4. The molecule has 0 unspecified atom stereocenters. The van der Waals surface area contributed by atoms with Crippen molar-refractivity contribution >= 4 is 23.4 Å². The van der Waals surface area contributed by atoms with Crippen molar-refractivity contribution in [1.29, 1.82) is 0 Å². The van der Waals surface area contributed by atoms with Crippen molar-refractivity contribution < 1.29 is 28.6 Å². The van der Waals surface area contributed by atoms with E-state index < -0.39 is 11.8 Å². The molecule has 0 atom stereocenters. The van der Waals surface area contributed by atoms with E-state index >= 15 is 0 Å². The van der Waals surface area contributed by atoms with Gasteiger partial charge in [-0.25, -0.2) is 0 Å². The van der Waals surface area contributed by atoms with Crippen LogP contribution in [0.1, 0.15) is 12.8 Å². The third-order valence-corrected chi connectivity index (χ3v) is 5.63. The number of ether oxygens (including phenoxy) is 3. The van der Waals surface area contributed by atoms with Crippen molar-refractivity contribution in [2.24, 2.45) is 5.92 Å². The Morgan fingerprint density at radius 3 is 2.42 bits per heavy atom. The monoisotopic (exact) mass is 453 g/mol. The van der Waals surface area contributed by atoms with Gasteiger partial charge in [0.15, 0.2) is 18.1 Å². The summed E-state index contributed by atoms with van der Waals surface area (Å²) in [5.41, 5.74) is 0.462. The van der Waals surface area contributed by atoms with Crippen molar-refractivity contribution in [1.82, 2.24) is 10.2 Å². The highest BCUT2D eigenvalue weighted by Gasteiger charge is 2.24. The van der Waals surface area contributed by atoms with Crippen molar-refractivity contribution in [3.63, 3.8) is 0 Å². The van der Waals surface area contributed by atoms with Crippen LogP contribution in [0.25, 0.3) is 0 Å². The summed E-state index contributed by atoms with van der Waals surface area (Å²) in [6, 6.07) is 14.2. The molecule has 4 rings (SSSR count). The minimum absolute atomic E-state index is 0.00540. The predicted octanol–water partition coefficient (Wildman–Crippen LogP) is 1.83. The number of likely N-dealkylation sites (tertiary alicyclic amines) is 1. The fraction of sp³-hybridized carbons (Fsp3) is 0.375. The van der Waals surface area contributed by atoms with Gasteiger partial charge in [-0.05, 0) is 43.0 Å². The van der Waals surface area contributed by atoms with Gasteiger partial charge < -0.3 is 29.7 Å². The molecule has 174 valence electrons. The Balaban J connectivity index is 1.16. The van der Waals surface area contributed by atoms with E-state index in [4.69, 9.17) is 14.2 Å². The number of nitrogens with zero attached hydrogens (tertiary/aromatic N) is 1. The van der Waals surface area contributed by atoms with Crippen LogP contribution < -0.4 is 24.8 Å². The molecular weight excluding hydrogens is 426 g/mol. The van der Waals surface area contributed by atoms with Crippen LogP contribution in [0.4, 0.5) is 5.69 Å². The van der Waals surface area contributed by atoms with Gasteiger partial charge in [0.25, 0.3) is 5.91 Å². The summed E-state index contributed by atoms with van der Waals surface area (Å²) in [7, 11) is 0. The topological polar surface area (TPSA) is 106 Å². The number of fused-ring (bicyclic) bond motifs is 1. The van der Waals surface area contributed by atoms with Crippen molar-refractivity contribution in [2.75, 3.05) is 44.8 Å². The molecular formula is C24H27N3O6. The number of hydrogen-bond acceptors (Lipinski definition) is 6. The van der Waals surface area contributed by atoms with Gasteiger partial charge in [0, 0.05) is 31.4 Å². The Bertz CT molecular complexity index is 989. The molecule has 0 saturated carbocycles. The highest BCUT2D eigenvalue weighted by atomic mass is 16.6. The first-order valence-corrected chi connectivity index (χ1v) is 11.0. The second kappa shape index (κ2) is 10.7. The summed E-state index contributed by atoms with van der Waals surface area (Å²) < 4.78 is 16.5. The number of anilines is 1. The number of amides is 3. The molecule has 1 saturated heterocycles. The molecule has 2 heterocycles. The molecule has 0 aromatic heterocycles. The Labute approximate surface area is 192 Å². The number of benzene rings is 2. The summed E-state index contributed by atoms with van der Waals surface area (Å²) >= 11 is 0. The summed E-state index contributed by atoms with van der Waals surface area (Å²) in [5, 5.41) is 5.27. The standard InChI is InChI=1S/C24H27N3O6/c28-22(16-33-19-4-2-1-3-5-19)27-10-8-17(9-11-27)15-25-23(29)24(30)26-18-6-7-20-21(14-18)32-13-12-31-20/h1-7,14,17H,8-13,15-16H2,(H,25,29)(H,26,30). The average Bonchev–Trinajstić information content (AvgIpc) is 2.86. The lowest BCUT2D eigenvalue weighted by atomic mass is 9.96. The van der Waals surface area contributed by atoms with E-state index in [-0.39, 0.29) is 18.4 Å². The van der Waals surface area contributed by atoms with E-state index in [2.05, 4.69) is 10.6 Å². The van der Waals surface area contributed by atoms with Crippen LogP contribution in [0.5, 0.6) is 17.2 Å². The number of carbonyl (C=O) groups excluding carboxylic acids is 3. The molecule has 2 aliphatic rings. The van der Waals surface area contributed by atoms with Crippen LogP contribution in [0, 0.1) is 5.92 Å². The predicted molar refractivity (Wildman–Crippen MR) is 120 cm³/mol. The highest BCUT2D eigenvalue weighted by Crippen LogP contribution is 2.32. The third-order valence-electron chi connectivity index (χ3n) is 5.63. The van der Waals surface area contributed by atoms with Gasteiger partial charge >= 0.3 is 11.8 Å². The molecule has 1 fully saturated rings. The van der Waals surface area contributed by atoms with E-state index in [1.54, 1.807) is 23.1 Å². The largest absolute Gasteiger partial charge is 0.486 e. The van der Waals surface area contributed by atoms with Crippen LogP contribution in [0.2, 0.25) is 0 Å². The van der Waals surface area contributed by atoms with Crippen LogP contribution in [0.3, 0.4) is 0 Å². The van der Waals surface area contributed by atoms with Crippen molar-refractivity contribution in [3.8, 4) is 17.2 Å². The molecule has 9 heteroatoms. The van der Waals surface area contributed by atoms with E-state index in [0.717, 1.165) is 12.8 Å². The lowest BCUT2D eigenvalue weighted by Gasteiger charge is -2.32. The molecule has 0 aliphatic carbocycles. The molecule has 0 spiro atoms. The summed E-state index contributed by atoms with van der Waals surface area (Å²) in [6.07, 6.45) is 1.50. The second-order valence-corrected chi connectivity index (χ2v) is 7.95. The molecule has 2 aromatic carbocycles. The van der Waals surface area contributed by atoms with E-state index in [0.29, 0.717) is 55.8 Å². The molecule has 9 nitrogen and oxygen atoms in total. The summed E-state index contributed by atoms with van der Waals surface area (Å²) in [5.74, 6) is 0.528. The minimum atomic E-state index is -0.739. The zero-order valence-electron chi connectivity index (χ0n) is 18.2. The van der Waals surface area contributed by atoms with E-state index in [1.165, 1.54) is 0 Å². The zero-order chi connectivity index (χ0) is 23.0. The molecule has 2 aromatic rings. The summed E-state index contributed by atoms with van der Waals surface area (Å²) in [4.78, 5) is 38.6. The van der Waals surface area contributed by atoms with Crippen LogP contribution in [-0.2, 0) is 14.4 Å². The number of piperidine rings is 1. The van der Waals surface area contributed by atoms with E-state index in [1.807, 2.05) is 30.3 Å². The Kier molecular flexibility index (Phi) is 7.29. The fourth-order valence-corrected chi connectivity index (χ4v) is 3.77. The number of nitrogens with one attached hydrogen (secondary N) is 2. The molecule has 2 N–H and O–H groups in total. The van der Waals surface area contributed by atoms with Crippen LogP contribution >= 0.6 is 0 Å². The normalized spacial score (nSPS) is 15.5. The SMILES string of the molecule is O=C(NCC1CCN(C(=O)COc2ccccc2)CC1)C(=O)Nc1ccc2c(c1)OCCO2. The fourth-order valence-electron chi connectivity index (χ4n) is 3.77.